The van der Waals surface area contributed by atoms with Gasteiger partial charge in [0.1, 0.15) is 11.9 Å². The monoisotopic (exact) mass is 476 g/mol. The molecule has 1 saturated heterocycles. The molecule has 2 amide bonds. The summed E-state index contributed by atoms with van der Waals surface area (Å²) in [6.45, 7) is 7.11. The molecule has 1 unspecified atom stereocenters. The number of likely N-dealkylation sites (tertiary alicyclic amines) is 1. The summed E-state index contributed by atoms with van der Waals surface area (Å²) in [5.41, 5.74) is -0.565. The smallest absolute Gasteiger partial charge is 0.264 e. The second-order valence-electron chi connectivity index (χ2n) is 10.5. The van der Waals surface area contributed by atoms with E-state index in [1.54, 1.807) is 6.07 Å². The van der Waals surface area contributed by atoms with Crippen molar-refractivity contribution < 1.29 is 28.9 Å². The van der Waals surface area contributed by atoms with Crippen LogP contribution in [0, 0.1) is 18.7 Å². The van der Waals surface area contributed by atoms with Gasteiger partial charge >= 0.3 is 0 Å². The van der Waals surface area contributed by atoms with E-state index in [1.807, 2.05) is 19.1 Å². The predicted molar refractivity (Wildman–Crippen MR) is 123 cm³/mol. The molecule has 0 aromatic heterocycles. The van der Waals surface area contributed by atoms with Gasteiger partial charge in [0.05, 0.1) is 28.2 Å². The number of ether oxygens (including phenoxy) is 1. The number of halogens is 1. The molecule has 3 heterocycles. The number of hydrogen-bond acceptors (Lipinski definition) is 6. The highest BCUT2D eigenvalue weighted by atomic mass is 19.1. The van der Waals surface area contributed by atoms with Crippen LogP contribution in [0.25, 0.3) is 0 Å². The van der Waals surface area contributed by atoms with Crippen LogP contribution in [0.1, 0.15) is 44.7 Å². The van der Waals surface area contributed by atoms with Crippen molar-refractivity contribution >= 4 is 11.8 Å². The van der Waals surface area contributed by atoms with Crippen LogP contribution in [0.4, 0.5) is 4.39 Å². The Morgan fingerprint density at radius 1 is 1.26 bits per heavy atom. The first-order valence-corrected chi connectivity index (χ1v) is 12.0. The summed E-state index contributed by atoms with van der Waals surface area (Å²) in [7, 11) is 0. The van der Waals surface area contributed by atoms with Gasteiger partial charge in [0.25, 0.3) is 11.8 Å². The van der Waals surface area contributed by atoms with Gasteiger partial charge in [-0.15, -0.1) is 6.58 Å². The highest BCUT2D eigenvalue weighted by Crippen LogP contribution is 2.73. The molecule has 7 nitrogen and oxygen atoms in total. The molecule has 35 heavy (non-hydrogen) atoms. The number of carbonyl (C=O) groups excluding carboxylic acids is 2. The highest BCUT2D eigenvalue weighted by molar-refractivity contribution is 6.21. The number of phenols is 1. The third kappa shape index (κ3) is 2.11. The lowest BCUT2D eigenvalue weighted by Gasteiger charge is -2.77. The standard InChI is InChI=1S/C27H25FN2O5/c1-3-11-29-12-15-22(29)26(34)10-9-17(30-24(32)14-5-4-6-16(28)19(14)25(30)33)23-27(15,26)20-13(2)7-8-18(31)21(20)35-23/h3-8,15,17,22-23,31,34H,1,9-12H2,2H3/t15?,17-,22-,23+,26-,27+/m1/s1. The first-order chi connectivity index (χ1) is 16.8. The quantitative estimate of drug-likeness (QED) is 0.523. The number of hydrogen-bond donors (Lipinski definition) is 2. The number of imide groups is 1. The van der Waals surface area contributed by atoms with Crippen LogP contribution in [-0.4, -0.2) is 68.7 Å². The predicted octanol–water partition coefficient (Wildman–Crippen LogP) is 2.53. The molecule has 6 atom stereocenters. The fourth-order valence-electron chi connectivity index (χ4n) is 8.04. The Bertz CT molecular complexity index is 1360. The van der Waals surface area contributed by atoms with E-state index in [9.17, 15) is 24.2 Å². The molecule has 0 radical (unpaired) electrons. The van der Waals surface area contributed by atoms with E-state index in [0.29, 0.717) is 31.7 Å². The van der Waals surface area contributed by atoms with Gasteiger partial charge in [-0.25, -0.2) is 4.39 Å². The summed E-state index contributed by atoms with van der Waals surface area (Å²) in [6.07, 6.45) is 1.73. The van der Waals surface area contributed by atoms with Crippen LogP contribution in [0.3, 0.4) is 0 Å². The van der Waals surface area contributed by atoms with Crippen molar-refractivity contribution in [3.63, 3.8) is 0 Å². The minimum absolute atomic E-state index is 0.0221. The zero-order chi connectivity index (χ0) is 24.4. The number of amides is 2. The molecule has 3 aliphatic heterocycles. The molecule has 2 aromatic rings. The number of nitrogens with zero attached hydrogens (tertiary/aromatic N) is 2. The Balaban J connectivity index is 1.38. The van der Waals surface area contributed by atoms with Crippen molar-refractivity contribution in [2.75, 3.05) is 13.1 Å². The number of benzene rings is 2. The molecule has 3 fully saturated rings. The topological polar surface area (TPSA) is 90.3 Å². The van der Waals surface area contributed by atoms with Crippen LogP contribution in [0.2, 0.25) is 0 Å². The minimum atomic E-state index is -1.16. The molecule has 2 N–H and O–H groups in total. The molecular formula is C27H25FN2O5. The Morgan fingerprint density at radius 2 is 2.06 bits per heavy atom. The van der Waals surface area contributed by atoms with Crippen LogP contribution in [-0.2, 0) is 5.41 Å². The summed E-state index contributed by atoms with van der Waals surface area (Å²) >= 11 is 0. The van der Waals surface area contributed by atoms with E-state index < -0.39 is 40.8 Å². The van der Waals surface area contributed by atoms with Gasteiger partial charge in [0, 0.05) is 30.6 Å². The summed E-state index contributed by atoms with van der Waals surface area (Å²) in [4.78, 5) is 30.1. The van der Waals surface area contributed by atoms with E-state index in [-0.39, 0.29) is 28.8 Å². The average molecular weight is 477 g/mol. The number of aromatic hydroxyl groups is 1. The molecular weight excluding hydrogens is 451 g/mol. The van der Waals surface area contributed by atoms with Crippen molar-refractivity contribution in [1.82, 2.24) is 9.80 Å². The Labute approximate surface area is 201 Å². The molecule has 5 aliphatic rings. The normalized spacial score (nSPS) is 36.3. The number of rotatable bonds is 3. The number of aryl methyl sites for hydroxylation is 1. The van der Waals surface area contributed by atoms with Crippen LogP contribution in [0.15, 0.2) is 43.0 Å². The highest BCUT2D eigenvalue weighted by Gasteiger charge is 2.85. The molecule has 180 valence electrons. The summed E-state index contributed by atoms with van der Waals surface area (Å²) < 4.78 is 21.0. The maximum atomic E-state index is 14.6. The van der Waals surface area contributed by atoms with Crippen molar-refractivity contribution in [3.05, 3.63) is 71.1 Å². The number of piperidine rings is 1. The largest absolute Gasteiger partial charge is 0.504 e. The Kier molecular flexibility index (Phi) is 3.92. The summed E-state index contributed by atoms with van der Waals surface area (Å²) in [6, 6.07) is 6.64. The van der Waals surface area contributed by atoms with Gasteiger partial charge in [-0.05, 0) is 43.5 Å². The zero-order valence-corrected chi connectivity index (χ0v) is 19.2. The van der Waals surface area contributed by atoms with E-state index in [4.69, 9.17) is 4.74 Å². The summed E-state index contributed by atoms with van der Waals surface area (Å²) in [5.74, 6) is -1.65. The lowest BCUT2D eigenvalue weighted by molar-refractivity contribution is -0.318. The fourth-order valence-corrected chi connectivity index (χ4v) is 8.04. The van der Waals surface area contributed by atoms with Crippen LogP contribution >= 0.6 is 0 Å². The molecule has 2 saturated carbocycles. The van der Waals surface area contributed by atoms with E-state index in [1.165, 1.54) is 18.2 Å². The van der Waals surface area contributed by atoms with Crippen molar-refractivity contribution in [2.45, 2.75) is 49.0 Å². The first kappa shape index (κ1) is 21.1. The summed E-state index contributed by atoms with van der Waals surface area (Å²) in [5, 5.41) is 23.0. The molecule has 7 rings (SSSR count). The molecule has 2 aromatic carbocycles. The molecule has 2 aliphatic carbocycles. The van der Waals surface area contributed by atoms with Gasteiger partial charge in [-0.3, -0.25) is 19.4 Å². The second kappa shape index (κ2) is 6.50. The number of fused-ring (bicyclic) bond motifs is 4. The van der Waals surface area contributed by atoms with E-state index in [0.717, 1.165) is 16.0 Å². The first-order valence-electron chi connectivity index (χ1n) is 12.0. The maximum Gasteiger partial charge on any atom is 0.264 e. The Morgan fingerprint density at radius 3 is 2.80 bits per heavy atom. The maximum absolute atomic E-state index is 14.6. The van der Waals surface area contributed by atoms with Crippen molar-refractivity contribution in [2.24, 2.45) is 5.92 Å². The van der Waals surface area contributed by atoms with Gasteiger partial charge in [-0.2, -0.15) is 0 Å². The van der Waals surface area contributed by atoms with Gasteiger partial charge in [-0.1, -0.05) is 18.2 Å². The Hall–Kier alpha value is -3.23. The van der Waals surface area contributed by atoms with Gasteiger partial charge < -0.3 is 14.9 Å². The molecule has 0 bridgehead atoms. The molecule has 1 spiro atoms. The number of aliphatic hydroxyl groups is 1. The third-order valence-electron chi connectivity index (χ3n) is 9.21. The third-order valence-corrected chi connectivity index (χ3v) is 9.21. The lowest BCUT2D eigenvalue weighted by atomic mass is 9.35. The van der Waals surface area contributed by atoms with Gasteiger partial charge in [0.15, 0.2) is 11.5 Å². The van der Waals surface area contributed by atoms with E-state index >= 15 is 0 Å². The number of phenolic OH excluding ortho intramolecular Hbond substituents is 1. The fraction of sp³-hybridized carbons (Fsp3) is 0.407. The van der Waals surface area contributed by atoms with Crippen LogP contribution in [0.5, 0.6) is 11.5 Å². The number of carbonyl (C=O) groups is 2. The average Bonchev–Trinajstić information content (AvgIpc) is 3.31. The second-order valence-corrected chi connectivity index (χ2v) is 10.5. The molecule has 8 heteroatoms. The SMILES string of the molecule is C=CCN1CC2[C@@H]1[C@]1(O)CC[C@@H](N3C(=O)c4cccc(F)c4C3=O)[C@@H]3Oc4c(O)ccc(C)c4[C@@]231. The minimum Gasteiger partial charge on any atom is -0.504 e. The van der Waals surface area contributed by atoms with Crippen LogP contribution < -0.4 is 4.74 Å². The lowest BCUT2D eigenvalue weighted by Crippen LogP contribution is -2.92. The van der Waals surface area contributed by atoms with Crippen molar-refractivity contribution in [1.29, 1.82) is 0 Å². The van der Waals surface area contributed by atoms with E-state index in [2.05, 4.69) is 11.5 Å². The van der Waals surface area contributed by atoms with Crippen molar-refractivity contribution in [3.8, 4) is 11.5 Å². The van der Waals surface area contributed by atoms with Gasteiger partial charge in [0.2, 0.25) is 0 Å². The zero-order valence-electron chi connectivity index (χ0n) is 19.2.